The molecular formula is C24H19N3O3. The monoisotopic (exact) mass is 397 g/mol. The summed E-state index contributed by atoms with van der Waals surface area (Å²) in [5.41, 5.74) is 3.32. The molecule has 0 aliphatic carbocycles. The fraction of sp³-hybridized carbons (Fsp3) is 0.167. The predicted molar refractivity (Wildman–Crippen MR) is 110 cm³/mol. The molecule has 1 saturated heterocycles. The van der Waals surface area contributed by atoms with Crippen LogP contribution >= 0.6 is 0 Å². The number of nitrogens with zero attached hydrogens (tertiary/aromatic N) is 3. The van der Waals surface area contributed by atoms with E-state index in [0.717, 1.165) is 16.7 Å². The van der Waals surface area contributed by atoms with Crippen LogP contribution in [-0.4, -0.2) is 28.8 Å². The predicted octanol–water partition coefficient (Wildman–Crippen LogP) is 3.75. The molecule has 4 rings (SSSR count). The lowest BCUT2D eigenvalue weighted by molar-refractivity contribution is -0.140. The standard InChI is InChI=1S/C24H19N3O3/c1-27-22(28)13-21(23(27)19-3-2-12-26-15-19)24(29)30-20-10-8-18(9-11-20)17-6-4-16(14-25)5-7-17/h2-12,15,21,23H,13H2,1H3. The number of nitriles is 1. The lowest BCUT2D eigenvalue weighted by Gasteiger charge is -2.24. The van der Waals surface area contributed by atoms with E-state index in [9.17, 15) is 9.59 Å². The number of carbonyl (C=O) groups excluding carboxylic acids is 2. The summed E-state index contributed by atoms with van der Waals surface area (Å²) in [6.45, 7) is 0. The molecule has 1 aliphatic heterocycles. The van der Waals surface area contributed by atoms with Gasteiger partial charge in [0.15, 0.2) is 0 Å². The minimum atomic E-state index is -0.593. The van der Waals surface area contributed by atoms with Crippen LogP contribution in [0.2, 0.25) is 0 Å². The Labute approximate surface area is 174 Å². The molecule has 1 amide bonds. The van der Waals surface area contributed by atoms with Gasteiger partial charge in [0.1, 0.15) is 5.75 Å². The fourth-order valence-electron chi connectivity index (χ4n) is 3.73. The fourth-order valence-corrected chi connectivity index (χ4v) is 3.73. The summed E-state index contributed by atoms with van der Waals surface area (Å²) in [7, 11) is 1.69. The Bertz CT molecular complexity index is 1100. The van der Waals surface area contributed by atoms with Crippen LogP contribution < -0.4 is 4.74 Å². The number of benzene rings is 2. The van der Waals surface area contributed by atoms with Gasteiger partial charge in [0.05, 0.1) is 23.6 Å². The molecule has 6 heteroatoms. The number of amides is 1. The number of rotatable bonds is 4. The summed E-state index contributed by atoms with van der Waals surface area (Å²) in [6.07, 6.45) is 3.44. The molecule has 30 heavy (non-hydrogen) atoms. The topological polar surface area (TPSA) is 83.3 Å². The lowest BCUT2D eigenvalue weighted by atomic mass is 9.95. The number of hydrogen-bond acceptors (Lipinski definition) is 5. The van der Waals surface area contributed by atoms with Gasteiger partial charge in [0.25, 0.3) is 0 Å². The van der Waals surface area contributed by atoms with Gasteiger partial charge in [-0.2, -0.15) is 5.26 Å². The van der Waals surface area contributed by atoms with E-state index in [4.69, 9.17) is 10.00 Å². The van der Waals surface area contributed by atoms with Gasteiger partial charge in [0.2, 0.25) is 5.91 Å². The molecule has 3 aromatic rings. The van der Waals surface area contributed by atoms with E-state index in [2.05, 4.69) is 11.1 Å². The Morgan fingerprint density at radius 2 is 1.77 bits per heavy atom. The number of hydrogen-bond donors (Lipinski definition) is 0. The van der Waals surface area contributed by atoms with Crippen LogP contribution in [0.1, 0.15) is 23.6 Å². The van der Waals surface area contributed by atoms with Crippen molar-refractivity contribution in [3.63, 3.8) is 0 Å². The molecule has 148 valence electrons. The first-order chi connectivity index (χ1) is 14.6. The molecule has 1 aliphatic rings. The Morgan fingerprint density at radius 3 is 2.37 bits per heavy atom. The molecule has 2 unspecified atom stereocenters. The average molecular weight is 397 g/mol. The summed E-state index contributed by atoms with van der Waals surface area (Å²) < 4.78 is 5.59. The van der Waals surface area contributed by atoms with Crippen molar-refractivity contribution in [2.75, 3.05) is 7.05 Å². The molecule has 2 aromatic carbocycles. The van der Waals surface area contributed by atoms with E-state index in [1.807, 2.05) is 30.3 Å². The van der Waals surface area contributed by atoms with Crippen molar-refractivity contribution in [1.82, 2.24) is 9.88 Å². The minimum absolute atomic E-state index is 0.0954. The number of pyridine rings is 1. The van der Waals surface area contributed by atoms with Crippen molar-refractivity contribution < 1.29 is 14.3 Å². The number of esters is 1. The lowest BCUT2D eigenvalue weighted by Crippen LogP contribution is -2.29. The Balaban J connectivity index is 1.50. The van der Waals surface area contributed by atoms with E-state index >= 15 is 0 Å². The van der Waals surface area contributed by atoms with Gasteiger partial charge in [-0.1, -0.05) is 30.3 Å². The number of ether oxygens (including phenoxy) is 1. The smallest absolute Gasteiger partial charge is 0.317 e. The van der Waals surface area contributed by atoms with Crippen LogP contribution in [-0.2, 0) is 9.59 Å². The summed E-state index contributed by atoms with van der Waals surface area (Å²) in [4.78, 5) is 30.8. The summed E-state index contributed by atoms with van der Waals surface area (Å²) in [5.74, 6) is -0.705. The third-order valence-corrected chi connectivity index (χ3v) is 5.34. The second kappa shape index (κ2) is 8.18. The largest absolute Gasteiger partial charge is 0.426 e. The molecule has 0 spiro atoms. The number of aromatic nitrogens is 1. The Hall–Kier alpha value is -3.98. The third-order valence-electron chi connectivity index (χ3n) is 5.34. The van der Waals surface area contributed by atoms with Crippen molar-refractivity contribution in [3.8, 4) is 22.9 Å². The zero-order valence-electron chi connectivity index (χ0n) is 16.4. The quantitative estimate of drug-likeness (QED) is 0.495. The Morgan fingerprint density at radius 1 is 1.10 bits per heavy atom. The van der Waals surface area contributed by atoms with Crippen LogP contribution in [0, 0.1) is 17.2 Å². The van der Waals surface area contributed by atoms with Gasteiger partial charge < -0.3 is 9.64 Å². The van der Waals surface area contributed by atoms with Crippen LogP contribution in [0.15, 0.2) is 73.1 Å². The first-order valence-electron chi connectivity index (χ1n) is 9.54. The summed E-state index contributed by atoms with van der Waals surface area (Å²) >= 11 is 0. The molecule has 0 saturated carbocycles. The van der Waals surface area contributed by atoms with Gasteiger partial charge in [-0.05, 0) is 47.0 Å². The minimum Gasteiger partial charge on any atom is -0.426 e. The molecule has 0 bridgehead atoms. The van der Waals surface area contributed by atoms with E-state index < -0.39 is 17.9 Å². The number of carbonyl (C=O) groups is 2. The van der Waals surface area contributed by atoms with Gasteiger partial charge in [0, 0.05) is 25.9 Å². The average Bonchev–Trinajstić information content (AvgIpc) is 3.09. The van der Waals surface area contributed by atoms with E-state index in [0.29, 0.717) is 11.3 Å². The second-order valence-corrected chi connectivity index (χ2v) is 7.18. The van der Waals surface area contributed by atoms with Crippen molar-refractivity contribution >= 4 is 11.9 Å². The molecule has 0 radical (unpaired) electrons. The molecular weight excluding hydrogens is 378 g/mol. The normalized spacial score (nSPS) is 18.1. The molecule has 2 atom stereocenters. The van der Waals surface area contributed by atoms with Gasteiger partial charge in [-0.3, -0.25) is 14.6 Å². The van der Waals surface area contributed by atoms with Gasteiger partial charge >= 0.3 is 5.97 Å². The molecule has 2 heterocycles. The Kier molecular flexibility index (Phi) is 5.27. The highest BCUT2D eigenvalue weighted by molar-refractivity contribution is 5.88. The third kappa shape index (κ3) is 3.78. The molecule has 0 N–H and O–H groups in total. The maximum Gasteiger partial charge on any atom is 0.317 e. The first-order valence-corrected chi connectivity index (χ1v) is 9.54. The highest BCUT2D eigenvalue weighted by Crippen LogP contribution is 2.37. The first kappa shape index (κ1) is 19.3. The van der Waals surface area contributed by atoms with E-state index in [1.54, 1.807) is 54.7 Å². The second-order valence-electron chi connectivity index (χ2n) is 7.18. The summed E-state index contributed by atoms with van der Waals surface area (Å²) in [5, 5.41) is 8.91. The summed E-state index contributed by atoms with van der Waals surface area (Å²) in [6, 6.07) is 19.8. The molecule has 1 fully saturated rings. The van der Waals surface area contributed by atoms with E-state index in [-0.39, 0.29) is 12.3 Å². The van der Waals surface area contributed by atoms with Crippen molar-refractivity contribution in [2.24, 2.45) is 5.92 Å². The maximum absolute atomic E-state index is 12.9. The van der Waals surface area contributed by atoms with Crippen LogP contribution in [0.25, 0.3) is 11.1 Å². The van der Waals surface area contributed by atoms with Crippen molar-refractivity contribution in [3.05, 3.63) is 84.2 Å². The SMILES string of the molecule is CN1C(=O)CC(C(=O)Oc2ccc(-c3ccc(C#N)cc3)cc2)C1c1cccnc1. The zero-order valence-corrected chi connectivity index (χ0v) is 16.4. The number of likely N-dealkylation sites (tertiary alicyclic amines) is 1. The van der Waals surface area contributed by atoms with Crippen LogP contribution in [0.4, 0.5) is 0 Å². The maximum atomic E-state index is 12.9. The highest BCUT2D eigenvalue weighted by atomic mass is 16.5. The van der Waals surface area contributed by atoms with Crippen LogP contribution in [0.3, 0.4) is 0 Å². The van der Waals surface area contributed by atoms with Crippen molar-refractivity contribution in [1.29, 1.82) is 5.26 Å². The highest BCUT2D eigenvalue weighted by Gasteiger charge is 2.43. The zero-order chi connectivity index (χ0) is 21.1. The molecule has 6 nitrogen and oxygen atoms in total. The van der Waals surface area contributed by atoms with Gasteiger partial charge in [-0.15, -0.1) is 0 Å². The van der Waals surface area contributed by atoms with E-state index in [1.165, 1.54) is 0 Å². The molecule has 1 aromatic heterocycles. The van der Waals surface area contributed by atoms with Crippen molar-refractivity contribution in [2.45, 2.75) is 12.5 Å². The van der Waals surface area contributed by atoms with Gasteiger partial charge in [-0.25, -0.2) is 0 Å². The van der Waals surface area contributed by atoms with Crippen LogP contribution in [0.5, 0.6) is 5.75 Å².